The Hall–Kier alpha value is -1.15. The molecular weight excluding hydrogens is 350 g/mol. The fourth-order valence-corrected chi connectivity index (χ4v) is 4.15. The van der Waals surface area contributed by atoms with Gasteiger partial charge in [0.25, 0.3) is 5.91 Å². The van der Waals surface area contributed by atoms with Gasteiger partial charge in [0.1, 0.15) is 0 Å². The van der Waals surface area contributed by atoms with Crippen LogP contribution in [-0.2, 0) is 10.0 Å². The van der Waals surface area contributed by atoms with Crippen molar-refractivity contribution in [3.63, 3.8) is 0 Å². The van der Waals surface area contributed by atoms with E-state index in [0.717, 1.165) is 13.0 Å². The van der Waals surface area contributed by atoms with Gasteiger partial charge in [-0.1, -0.05) is 0 Å². The number of sulfonamides is 1. The minimum atomic E-state index is -3.49. The second-order valence-electron chi connectivity index (χ2n) is 5.51. The van der Waals surface area contributed by atoms with Crippen LogP contribution in [0.2, 0.25) is 0 Å². The van der Waals surface area contributed by atoms with Crippen LogP contribution in [0.1, 0.15) is 30.6 Å². The Morgan fingerprint density at radius 3 is 2.33 bits per heavy atom. The molecule has 1 aliphatic heterocycles. The zero-order valence-electron chi connectivity index (χ0n) is 14.2. The molecule has 8 heteroatoms. The molecule has 1 fully saturated rings. The van der Waals surface area contributed by atoms with Gasteiger partial charge in [-0.2, -0.15) is 4.31 Å². The maximum atomic E-state index is 12.7. The third kappa shape index (κ3) is 4.69. The summed E-state index contributed by atoms with van der Waals surface area (Å²) in [7, 11) is -3.49. The van der Waals surface area contributed by atoms with Crippen molar-refractivity contribution in [3.05, 3.63) is 29.8 Å². The van der Waals surface area contributed by atoms with Crippen LogP contribution in [0.15, 0.2) is 29.2 Å². The van der Waals surface area contributed by atoms with E-state index in [1.54, 1.807) is 17.0 Å². The summed E-state index contributed by atoms with van der Waals surface area (Å²) in [6, 6.07) is 6.27. The maximum absolute atomic E-state index is 12.7. The molecule has 6 nitrogen and oxygen atoms in total. The first kappa shape index (κ1) is 20.9. The average Bonchev–Trinajstić information content (AvgIpc) is 2.86. The smallest absolute Gasteiger partial charge is 0.253 e. The van der Waals surface area contributed by atoms with Gasteiger partial charge in [-0.3, -0.25) is 4.79 Å². The Balaban J connectivity index is 0.00000288. The van der Waals surface area contributed by atoms with Crippen molar-refractivity contribution in [2.45, 2.75) is 25.2 Å². The molecule has 136 valence electrons. The molecule has 0 aromatic heterocycles. The lowest BCUT2D eigenvalue weighted by molar-refractivity contribution is 0.0773. The SMILES string of the molecule is CCN(CC)C(=O)c1ccc(S(=O)(=O)N2CCCNCC2)cc1.Cl. The summed E-state index contributed by atoms with van der Waals surface area (Å²) in [6.45, 7) is 7.62. The number of carbonyl (C=O) groups excluding carboxylic acids is 1. The third-order valence-corrected chi connectivity index (χ3v) is 6.00. The molecular formula is C16H26ClN3O3S. The number of hydrogen-bond donors (Lipinski definition) is 1. The summed E-state index contributed by atoms with van der Waals surface area (Å²) in [5, 5.41) is 3.19. The van der Waals surface area contributed by atoms with E-state index in [1.807, 2.05) is 13.8 Å². The van der Waals surface area contributed by atoms with Gasteiger partial charge in [-0.25, -0.2) is 8.42 Å². The number of nitrogens with one attached hydrogen (secondary N) is 1. The largest absolute Gasteiger partial charge is 0.339 e. The topological polar surface area (TPSA) is 69.7 Å². The molecule has 1 saturated heterocycles. The van der Waals surface area contributed by atoms with Gasteiger partial charge >= 0.3 is 0 Å². The highest BCUT2D eigenvalue weighted by atomic mass is 35.5. The number of nitrogens with zero attached hydrogens (tertiary/aromatic N) is 2. The standard InChI is InChI=1S/C16H25N3O3S.ClH/c1-3-18(4-2)16(20)14-6-8-15(9-7-14)23(21,22)19-12-5-10-17-11-13-19;/h6-9,17H,3-5,10-13H2,1-2H3;1H. The van der Waals surface area contributed by atoms with Crippen LogP contribution in [0.5, 0.6) is 0 Å². The molecule has 24 heavy (non-hydrogen) atoms. The number of rotatable bonds is 5. The monoisotopic (exact) mass is 375 g/mol. The normalized spacial score (nSPS) is 16.1. The first-order valence-corrected chi connectivity index (χ1v) is 9.55. The minimum Gasteiger partial charge on any atom is -0.339 e. The Morgan fingerprint density at radius 1 is 1.12 bits per heavy atom. The number of halogens is 1. The van der Waals surface area contributed by atoms with Gasteiger partial charge in [-0.05, 0) is 51.1 Å². The van der Waals surface area contributed by atoms with Crippen LogP contribution in [0.3, 0.4) is 0 Å². The predicted octanol–water partition coefficient (Wildman–Crippen LogP) is 1.57. The highest BCUT2D eigenvalue weighted by Gasteiger charge is 2.25. The van der Waals surface area contributed by atoms with Crippen molar-refractivity contribution < 1.29 is 13.2 Å². The molecule has 0 spiro atoms. The first-order valence-electron chi connectivity index (χ1n) is 8.11. The fraction of sp³-hybridized carbons (Fsp3) is 0.562. The Bertz CT molecular complexity index is 622. The molecule has 1 aromatic carbocycles. The molecule has 0 aliphatic carbocycles. The molecule has 0 unspecified atom stereocenters. The van der Waals surface area contributed by atoms with Crippen LogP contribution in [0, 0.1) is 0 Å². The van der Waals surface area contributed by atoms with E-state index in [-0.39, 0.29) is 23.2 Å². The van der Waals surface area contributed by atoms with Crippen LogP contribution in [-0.4, -0.2) is 62.8 Å². The van der Waals surface area contributed by atoms with Crippen molar-refractivity contribution in [2.75, 3.05) is 39.3 Å². The van der Waals surface area contributed by atoms with E-state index in [2.05, 4.69) is 5.32 Å². The molecule has 1 amide bonds. The summed E-state index contributed by atoms with van der Waals surface area (Å²) >= 11 is 0. The summed E-state index contributed by atoms with van der Waals surface area (Å²) < 4.78 is 26.8. The molecule has 0 radical (unpaired) electrons. The van der Waals surface area contributed by atoms with Gasteiger partial charge in [0.05, 0.1) is 4.90 Å². The highest BCUT2D eigenvalue weighted by Crippen LogP contribution is 2.18. The van der Waals surface area contributed by atoms with Crippen LogP contribution >= 0.6 is 12.4 Å². The van der Waals surface area contributed by atoms with Crippen LogP contribution in [0.4, 0.5) is 0 Å². The van der Waals surface area contributed by atoms with Gasteiger partial charge in [0.15, 0.2) is 0 Å². The number of benzene rings is 1. The van der Waals surface area contributed by atoms with Crippen molar-refractivity contribution in [1.82, 2.24) is 14.5 Å². The summed E-state index contributed by atoms with van der Waals surface area (Å²) in [6.07, 6.45) is 0.803. The number of amides is 1. The van der Waals surface area contributed by atoms with Crippen LogP contribution < -0.4 is 5.32 Å². The van der Waals surface area contributed by atoms with Crippen molar-refractivity contribution >= 4 is 28.3 Å². The number of hydrogen-bond acceptors (Lipinski definition) is 4. The highest BCUT2D eigenvalue weighted by molar-refractivity contribution is 7.89. The lowest BCUT2D eigenvalue weighted by Gasteiger charge is -2.21. The summed E-state index contributed by atoms with van der Waals surface area (Å²) in [5.41, 5.74) is 0.519. The maximum Gasteiger partial charge on any atom is 0.253 e. The molecule has 2 rings (SSSR count). The van der Waals surface area contributed by atoms with Crippen LogP contribution in [0.25, 0.3) is 0 Å². The van der Waals surface area contributed by atoms with E-state index in [0.29, 0.717) is 38.3 Å². The van der Waals surface area contributed by atoms with Gasteiger partial charge in [0, 0.05) is 38.3 Å². The van der Waals surface area contributed by atoms with E-state index in [4.69, 9.17) is 0 Å². The zero-order chi connectivity index (χ0) is 16.9. The lowest BCUT2D eigenvalue weighted by Crippen LogP contribution is -2.34. The number of carbonyl (C=O) groups is 1. The van der Waals surface area contributed by atoms with E-state index in [9.17, 15) is 13.2 Å². The molecule has 1 aliphatic rings. The Morgan fingerprint density at radius 2 is 1.75 bits per heavy atom. The fourth-order valence-electron chi connectivity index (χ4n) is 2.67. The van der Waals surface area contributed by atoms with Gasteiger partial charge < -0.3 is 10.2 Å². The zero-order valence-corrected chi connectivity index (χ0v) is 15.8. The summed E-state index contributed by atoms with van der Waals surface area (Å²) in [5.74, 6) is -0.0714. The minimum absolute atomic E-state index is 0. The molecule has 1 aromatic rings. The predicted molar refractivity (Wildman–Crippen MR) is 97.2 cm³/mol. The van der Waals surface area contributed by atoms with Gasteiger partial charge in [-0.15, -0.1) is 12.4 Å². The van der Waals surface area contributed by atoms with E-state index < -0.39 is 10.0 Å². The second-order valence-corrected chi connectivity index (χ2v) is 7.45. The van der Waals surface area contributed by atoms with E-state index >= 15 is 0 Å². The quantitative estimate of drug-likeness (QED) is 0.848. The molecule has 0 atom stereocenters. The second kappa shape index (κ2) is 9.36. The third-order valence-electron chi connectivity index (χ3n) is 4.09. The Kier molecular flexibility index (Phi) is 8.15. The van der Waals surface area contributed by atoms with Crippen molar-refractivity contribution in [3.8, 4) is 0 Å². The molecule has 0 bridgehead atoms. The summed E-state index contributed by atoms with van der Waals surface area (Å²) in [4.78, 5) is 14.2. The van der Waals surface area contributed by atoms with Crippen molar-refractivity contribution in [1.29, 1.82) is 0 Å². The first-order chi connectivity index (χ1) is 11.0. The molecule has 0 saturated carbocycles. The van der Waals surface area contributed by atoms with E-state index in [1.165, 1.54) is 16.4 Å². The molecule has 1 N–H and O–H groups in total. The Labute approximate surface area is 150 Å². The lowest BCUT2D eigenvalue weighted by atomic mass is 10.2. The van der Waals surface area contributed by atoms with Crippen molar-refractivity contribution in [2.24, 2.45) is 0 Å². The average molecular weight is 376 g/mol. The van der Waals surface area contributed by atoms with Gasteiger partial charge in [0.2, 0.25) is 10.0 Å². The molecule has 1 heterocycles.